The van der Waals surface area contributed by atoms with Crippen LogP contribution in [0.5, 0.6) is 0 Å². The highest BCUT2D eigenvalue weighted by Crippen LogP contribution is 2.16. The minimum atomic E-state index is -1.13. The fourth-order valence-corrected chi connectivity index (χ4v) is 7.36. The van der Waals surface area contributed by atoms with Gasteiger partial charge in [0.2, 0.25) is 0 Å². The van der Waals surface area contributed by atoms with Crippen molar-refractivity contribution in [1.29, 1.82) is 0 Å². The third kappa shape index (κ3) is 42.4. The molecule has 0 bridgehead atoms. The Morgan fingerprint density at radius 3 is 1.36 bits per heavy atom. The van der Waals surface area contributed by atoms with Gasteiger partial charge in [0.25, 0.3) is 0 Å². The highest BCUT2D eigenvalue weighted by molar-refractivity contribution is 5.70. The van der Waals surface area contributed by atoms with E-state index in [1.165, 1.54) is 109 Å². The first-order chi connectivity index (χ1) is 29.6. The lowest BCUT2D eigenvalue weighted by Crippen LogP contribution is -2.55. The molecule has 354 valence electrons. The Morgan fingerprint density at radius 1 is 0.508 bits per heavy atom. The van der Waals surface area contributed by atoms with Gasteiger partial charge in [-0.1, -0.05) is 197 Å². The molecule has 0 aliphatic carbocycles. The van der Waals surface area contributed by atoms with Gasteiger partial charge in [-0.05, 0) is 51.4 Å². The summed E-state index contributed by atoms with van der Waals surface area (Å²) in [5.41, 5.74) is 0. The number of carboxylic acid groups (broad SMARTS) is 1. The van der Waals surface area contributed by atoms with E-state index in [0.29, 0.717) is 12.8 Å². The lowest BCUT2D eigenvalue weighted by atomic mass is 10.0. The summed E-state index contributed by atoms with van der Waals surface area (Å²) in [5, 5.41) is 11.7. The normalized spacial score (nSPS) is 13.3. The van der Waals surface area contributed by atoms with Crippen LogP contribution in [0.4, 0.5) is 0 Å². The molecule has 0 amide bonds. The SMILES string of the molecule is CC/C=C\C/C=C\C/C=C\C/C=C\CCCCCCC(=O)OC(COCCC(C(=O)[O-])[N+](C)(C)C)COC(=O)CCCCCCCCCCCCCCCCCCCCCC. The lowest BCUT2D eigenvalue weighted by Gasteiger charge is -2.34. The van der Waals surface area contributed by atoms with Crippen molar-refractivity contribution in [2.75, 3.05) is 41.0 Å². The third-order valence-electron chi connectivity index (χ3n) is 11.2. The number of unbranched alkanes of at least 4 members (excludes halogenated alkanes) is 23. The summed E-state index contributed by atoms with van der Waals surface area (Å²) in [6, 6.07) is -0.731. The van der Waals surface area contributed by atoms with Crippen molar-refractivity contribution in [3.63, 3.8) is 0 Å². The molecule has 2 unspecified atom stereocenters. The number of nitrogens with zero attached hydrogens (tertiary/aromatic N) is 1. The molecule has 0 N–H and O–H groups in total. The molecule has 0 saturated heterocycles. The Bertz CT molecular complexity index is 1140. The quantitative estimate of drug-likeness (QED) is 0.0260. The van der Waals surface area contributed by atoms with Crippen molar-refractivity contribution in [2.45, 2.75) is 231 Å². The molecular formula is C53H95NO7. The molecule has 61 heavy (non-hydrogen) atoms. The van der Waals surface area contributed by atoms with E-state index in [9.17, 15) is 19.5 Å². The number of carbonyl (C=O) groups is 3. The van der Waals surface area contributed by atoms with Crippen LogP contribution in [-0.2, 0) is 28.6 Å². The van der Waals surface area contributed by atoms with Crippen LogP contribution in [0.3, 0.4) is 0 Å². The molecule has 0 radical (unpaired) electrons. The highest BCUT2D eigenvalue weighted by atomic mass is 16.6. The first-order valence-electron chi connectivity index (χ1n) is 25.2. The first kappa shape index (κ1) is 58.3. The van der Waals surface area contributed by atoms with Crippen molar-refractivity contribution < 1.29 is 38.2 Å². The largest absolute Gasteiger partial charge is 0.544 e. The van der Waals surface area contributed by atoms with Gasteiger partial charge in [0.15, 0.2) is 6.10 Å². The molecule has 0 aliphatic heterocycles. The molecular weight excluding hydrogens is 763 g/mol. The number of allylic oxidation sites excluding steroid dienone is 8. The average molecular weight is 858 g/mol. The van der Waals surface area contributed by atoms with E-state index >= 15 is 0 Å². The van der Waals surface area contributed by atoms with E-state index in [-0.39, 0.29) is 42.7 Å². The molecule has 2 atom stereocenters. The van der Waals surface area contributed by atoms with Crippen LogP contribution >= 0.6 is 0 Å². The van der Waals surface area contributed by atoms with Crippen LogP contribution in [0.1, 0.15) is 219 Å². The number of likely N-dealkylation sites (N-methyl/N-ethyl adjacent to an activating group) is 1. The summed E-state index contributed by atoms with van der Waals surface area (Å²) in [5.74, 6) is -1.76. The number of carbonyl (C=O) groups excluding carboxylic acids is 3. The molecule has 0 aromatic heterocycles. The van der Waals surface area contributed by atoms with Gasteiger partial charge >= 0.3 is 11.9 Å². The Labute approximate surface area is 376 Å². The van der Waals surface area contributed by atoms with Crippen LogP contribution in [0.15, 0.2) is 48.6 Å². The second-order valence-electron chi connectivity index (χ2n) is 18.0. The Morgan fingerprint density at radius 2 is 0.918 bits per heavy atom. The number of carboxylic acids is 1. The standard InChI is InChI=1S/C53H95NO7/c1-6-8-10-12-14-16-18-20-22-24-25-26-28-29-31-33-35-37-39-41-43-51(55)60-48-49(47-59-46-45-50(53(57)58)54(3,4)5)61-52(56)44-42-40-38-36-34-32-30-27-23-21-19-17-15-13-11-9-7-2/h9,11,15,17,21,23,30,32,49-50H,6-8,10,12-14,16,18-20,22,24-29,31,33-48H2,1-5H3/b11-9-,17-15-,23-21-,32-30-. The number of aliphatic carboxylic acids is 1. The Balaban J connectivity index is 4.26. The average Bonchev–Trinajstić information content (AvgIpc) is 3.22. The first-order valence-corrected chi connectivity index (χ1v) is 25.2. The maximum Gasteiger partial charge on any atom is 0.306 e. The Hall–Kier alpha value is -2.71. The van der Waals surface area contributed by atoms with Crippen LogP contribution in [0.25, 0.3) is 0 Å². The van der Waals surface area contributed by atoms with Gasteiger partial charge in [0, 0.05) is 19.3 Å². The second kappa shape index (κ2) is 43.9. The summed E-state index contributed by atoms with van der Waals surface area (Å²) in [7, 11) is 5.41. The van der Waals surface area contributed by atoms with Gasteiger partial charge in [0.05, 0.1) is 40.3 Å². The molecule has 0 fully saturated rings. The summed E-state index contributed by atoms with van der Waals surface area (Å²) in [4.78, 5) is 37.0. The van der Waals surface area contributed by atoms with Crippen molar-refractivity contribution in [3.05, 3.63) is 48.6 Å². The number of rotatable bonds is 45. The van der Waals surface area contributed by atoms with E-state index in [0.717, 1.165) is 77.0 Å². The van der Waals surface area contributed by atoms with Crippen molar-refractivity contribution in [1.82, 2.24) is 0 Å². The number of hydrogen-bond acceptors (Lipinski definition) is 7. The van der Waals surface area contributed by atoms with E-state index < -0.39 is 18.1 Å². The van der Waals surface area contributed by atoms with Crippen molar-refractivity contribution in [2.24, 2.45) is 0 Å². The maximum atomic E-state index is 12.8. The monoisotopic (exact) mass is 858 g/mol. The maximum absolute atomic E-state index is 12.8. The molecule has 8 heteroatoms. The van der Waals surface area contributed by atoms with Crippen LogP contribution < -0.4 is 5.11 Å². The molecule has 0 saturated carbocycles. The smallest absolute Gasteiger partial charge is 0.306 e. The van der Waals surface area contributed by atoms with Gasteiger partial charge < -0.3 is 28.6 Å². The van der Waals surface area contributed by atoms with Crippen molar-refractivity contribution in [3.8, 4) is 0 Å². The van der Waals surface area contributed by atoms with Gasteiger partial charge in [-0.2, -0.15) is 0 Å². The van der Waals surface area contributed by atoms with Gasteiger partial charge in [0.1, 0.15) is 12.6 Å². The summed E-state index contributed by atoms with van der Waals surface area (Å²) in [6.07, 6.45) is 52.8. The molecule has 8 nitrogen and oxygen atoms in total. The molecule has 0 spiro atoms. The topological polar surface area (TPSA) is 102 Å². The van der Waals surface area contributed by atoms with Gasteiger partial charge in [-0.25, -0.2) is 0 Å². The summed E-state index contributed by atoms with van der Waals surface area (Å²) < 4.78 is 17.2. The van der Waals surface area contributed by atoms with Crippen molar-refractivity contribution >= 4 is 17.9 Å². The molecule has 0 heterocycles. The van der Waals surface area contributed by atoms with Gasteiger partial charge in [-0.15, -0.1) is 0 Å². The zero-order valence-electron chi connectivity index (χ0n) is 40.3. The van der Waals surface area contributed by atoms with E-state index in [1.807, 2.05) is 0 Å². The zero-order chi connectivity index (χ0) is 44.9. The van der Waals surface area contributed by atoms with E-state index in [2.05, 4.69) is 62.5 Å². The molecule has 0 aromatic rings. The fraction of sp³-hybridized carbons (Fsp3) is 0.792. The summed E-state index contributed by atoms with van der Waals surface area (Å²) >= 11 is 0. The third-order valence-corrected chi connectivity index (χ3v) is 11.2. The minimum absolute atomic E-state index is 0.0319. The number of hydrogen-bond donors (Lipinski definition) is 0. The number of esters is 2. The molecule has 0 aromatic carbocycles. The van der Waals surface area contributed by atoms with Crippen LogP contribution in [-0.4, -0.2) is 75.5 Å². The predicted molar refractivity (Wildman–Crippen MR) is 254 cm³/mol. The van der Waals surface area contributed by atoms with Crippen LogP contribution in [0, 0.1) is 0 Å². The second-order valence-corrected chi connectivity index (χ2v) is 18.0. The van der Waals surface area contributed by atoms with Crippen LogP contribution in [0.2, 0.25) is 0 Å². The van der Waals surface area contributed by atoms with Gasteiger partial charge in [-0.3, -0.25) is 9.59 Å². The lowest BCUT2D eigenvalue weighted by molar-refractivity contribution is -0.889. The highest BCUT2D eigenvalue weighted by Gasteiger charge is 2.25. The number of quaternary nitrogens is 1. The predicted octanol–water partition coefficient (Wildman–Crippen LogP) is 13.0. The Kier molecular flexibility index (Phi) is 42.0. The molecule has 0 aliphatic rings. The summed E-state index contributed by atoms with van der Waals surface area (Å²) in [6.45, 7) is 4.55. The van der Waals surface area contributed by atoms with E-state index in [1.54, 1.807) is 21.1 Å². The number of ether oxygens (including phenoxy) is 3. The van der Waals surface area contributed by atoms with E-state index in [4.69, 9.17) is 14.2 Å². The molecule has 0 rings (SSSR count). The zero-order valence-corrected chi connectivity index (χ0v) is 40.3. The fourth-order valence-electron chi connectivity index (χ4n) is 7.36. The minimum Gasteiger partial charge on any atom is -0.544 e.